The zero-order valence-electron chi connectivity index (χ0n) is 15.5. The maximum absolute atomic E-state index is 12.9. The highest BCUT2D eigenvalue weighted by molar-refractivity contribution is 6.31. The summed E-state index contributed by atoms with van der Waals surface area (Å²) in [5, 5.41) is 3.28. The fraction of sp³-hybridized carbons (Fsp3) is 0.333. The lowest BCUT2D eigenvalue weighted by Crippen LogP contribution is -2.46. The Bertz CT molecular complexity index is 776. The Balaban J connectivity index is 2.15. The van der Waals surface area contributed by atoms with Crippen LogP contribution in [0.15, 0.2) is 48.5 Å². The molecule has 0 aliphatic carbocycles. The lowest BCUT2D eigenvalue weighted by Gasteiger charge is -2.28. The van der Waals surface area contributed by atoms with Gasteiger partial charge in [-0.15, -0.1) is 0 Å². The first-order valence-electron chi connectivity index (χ1n) is 8.72. The third-order valence-electron chi connectivity index (χ3n) is 4.42. The minimum absolute atomic E-state index is 0.0671. The summed E-state index contributed by atoms with van der Waals surface area (Å²) in [7, 11) is 1.58. The molecular formula is C21H25ClN2O2. The van der Waals surface area contributed by atoms with Gasteiger partial charge in [-0.2, -0.15) is 0 Å². The molecule has 0 saturated carbocycles. The SMILES string of the molecule is CNC(=O)C(C)N(Cc1cccc(C)c1)C(=O)CCc1ccccc1Cl. The summed E-state index contributed by atoms with van der Waals surface area (Å²) in [6, 6.07) is 14.9. The number of hydrogen-bond donors (Lipinski definition) is 1. The van der Waals surface area contributed by atoms with Crippen LogP contribution in [0.1, 0.15) is 30.0 Å². The summed E-state index contributed by atoms with van der Waals surface area (Å²) >= 11 is 6.18. The average molecular weight is 373 g/mol. The molecule has 1 unspecified atom stereocenters. The van der Waals surface area contributed by atoms with Gasteiger partial charge in [-0.3, -0.25) is 9.59 Å². The lowest BCUT2D eigenvalue weighted by atomic mass is 10.1. The van der Waals surface area contributed by atoms with Crippen LogP contribution >= 0.6 is 11.6 Å². The molecule has 0 bridgehead atoms. The first kappa shape index (κ1) is 20.0. The smallest absolute Gasteiger partial charge is 0.242 e. The van der Waals surface area contributed by atoms with Crippen LogP contribution in [-0.2, 0) is 22.6 Å². The molecule has 1 N–H and O–H groups in total. The van der Waals surface area contributed by atoms with E-state index in [-0.39, 0.29) is 11.8 Å². The van der Waals surface area contributed by atoms with E-state index in [0.29, 0.717) is 24.4 Å². The largest absolute Gasteiger partial charge is 0.357 e. The van der Waals surface area contributed by atoms with Gasteiger partial charge in [0.1, 0.15) is 6.04 Å². The van der Waals surface area contributed by atoms with Gasteiger partial charge >= 0.3 is 0 Å². The van der Waals surface area contributed by atoms with E-state index in [4.69, 9.17) is 11.6 Å². The van der Waals surface area contributed by atoms with E-state index < -0.39 is 6.04 Å². The Hall–Kier alpha value is -2.33. The van der Waals surface area contributed by atoms with Crippen LogP contribution in [0.5, 0.6) is 0 Å². The number of hydrogen-bond acceptors (Lipinski definition) is 2. The number of nitrogens with one attached hydrogen (secondary N) is 1. The molecule has 1 atom stereocenters. The van der Waals surface area contributed by atoms with Gasteiger partial charge in [0.25, 0.3) is 0 Å². The van der Waals surface area contributed by atoms with E-state index in [9.17, 15) is 9.59 Å². The number of amides is 2. The van der Waals surface area contributed by atoms with Crippen LogP contribution in [-0.4, -0.2) is 29.8 Å². The molecule has 2 rings (SSSR count). The molecule has 2 amide bonds. The molecule has 0 spiro atoms. The number of aryl methyl sites for hydroxylation is 2. The van der Waals surface area contributed by atoms with Crippen molar-refractivity contribution in [2.45, 2.75) is 39.3 Å². The Morgan fingerprint density at radius 3 is 2.54 bits per heavy atom. The van der Waals surface area contributed by atoms with Crippen LogP contribution < -0.4 is 5.32 Å². The molecule has 0 radical (unpaired) electrons. The first-order chi connectivity index (χ1) is 12.4. The minimum Gasteiger partial charge on any atom is -0.357 e. The molecule has 2 aromatic rings. The average Bonchev–Trinajstić information content (AvgIpc) is 2.64. The van der Waals surface area contributed by atoms with Gasteiger partial charge in [0.15, 0.2) is 0 Å². The summed E-state index contributed by atoms with van der Waals surface area (Å²) in [5.74, 6) is -0.244. The number of carbonyl (C=O) groups is 2. The molecule has 26 heavy (non-hydrogen) atoms. The molecule has 138 valence electrons. The summed E-state index contributed by atoms with van der Waals surface area (Å²) in [6.45, 7) is 4.16. The van der Waals surface area contributed by atoms with E-state index in [1.165, 1.54) is 0 Å². The second-order valence-electron chi connectivity index (χ2n) is 6.39. The molecular weight excluding hydrogens is 348 g/mol. The number of rotatable bonds is 7. The van der Waals surface area contributed by atoms with Crippen molar-refractivity contribution in [2.75, 3.05) is 7.05 Å². The molecule has 0 saturated heterocycles. The number of carbonyl (C=O) groups excluding carboxylic acids is 2. The Kier molecular flexibility index (Phi) is 7.22. The van der Waals surface area contributed by atoms with Crippen molar-refractivity contribution in [2.24, 2.45) is 0 Å². The number of halogens is 1. The van der Waals surface area contributed by atoms with Gasteiger partial charge < -0.3 is 10.2 Å². The van der Waals surface area contributed by atoms with Crippen molar-refractivity contribution >= 4 is 23.4 Å². The first-order valence-corrected chi connectivity index (χ1v) is 9.10. The van der Waals surface area contributed by atoms with Crippen molar-refractivity contribution in [3.05, 3.63) is 70.2 Å². The van der Waals surface area contributed by atoms with Crippen LogP contribution in [0.4, 0.5) is 0 Å². The summed E-state index contributed by atoms with van der Waals surface area (Å²) in [4.78, 5) is 26.6. The third-order valence-corrected chi connectivity index (χ3v) is 4.78. The van der Waals surface area contributed by atoms with Crippen molar-refractivity contribution in [3.63, 3.8) is 0 Å². The van der Waals surface area contributed by atoms with E-state index in [2.05, 4.69) is 5.32 Å². The third kappa shape index (κ3) is 5.33. The van der Waals surface area contributed by atoms with Crippen molar-refractivity contribution < 1.29 is 9.59 Å². The lowest BCUT2D eigenvalue weighted by molar-refractivity contribution is -0.140. The van der Waals surface area contributed by atoms with Crippen LogP contribution in [0.25, 0.3) is 0 Å². The van der Waals surface area contributed by atoms with Gasteiger partial charge in [0.2, 0.25) is 11.8 Å². The normalized spacial score (nSPS) is 11.7. The molecule has 0 fully saturated rings. The molecule has 0 aliphatic heterocycles. The number of likely N-dealkylation sites (N-methyl/N-ethyl adjacent to an activating group) is 1. The topological polar surface area (TPSA) is 49.4 Å². The van der Waals surface area contributed by atoms with Gasteiger partial charge in [0, 0.05) is 25.0 Å². The van der Waals surface area contributed by atoms with E-state index >= 15 is 0 Å². The van der Waals surface area contributed by atoms with Crippen molar-refractivity contribution in [1.29, 1.82) is 0 Å². The summed E-state index contributed by atoms with van der Waals surface area (Å²) in [5.41, 5.74) is 3.07. The fourth-order valence-electron chi connectivity index (χ4n) is 2.89. The van der Waals surface area contributed by atoms with E-state index in [1.807, 2.05) is 55.5 Å². The summed E-state index contributed by atoms with van der Waals surface area (Å²) in [6.07, 6.45) is 0.847. The van der Waals surface area contributed by atoms with Crippen molar-refractivity contribution in [1.82, 2.24) is 10.2 Å². The Morgan fingerprint density at radius 1 is 1.15 bits per heavy atom. The van der Waals surface area contributed by atoms with E-state index in [0.717, 1.165) is 16.7 Å². The quantitative estimate of drug-likeness (QED) is 0.804. The van der Waals surface area contributed by atoms with Gasteiger partial charge in [0.05, 0.1) is 0 Å². The highest BCUT2D eigenvalue weighted by Crippen LogP contribution is 2.18. The van der Waals surface area contributed by atoms with Gasteiger partial charge in [-0.1, -0.05) is 59.6 Å². The predicted octanol–water partition coefficient (Wildman–Crippen LogP) is 3.74. The van der Waals surface area contributed by atoms with Gasteiger partial charge in [-0.05, 0) is 37.5 Å². The molecule has 2 aromatic carbocycles. The Labute approximate surface area is 160 Å². The molecule has 0 heterocycles. The van der Waals surface area contributed by atoms with Crippen molar-refractivity contribution in [3.8, 4) is 0 Å². The molecule has 0 aliphatic rings. The monoisotopic (exact) mass is 372 g/mol. The zero-order valence-corrected chi connectivity index (χ0v) is 16.2. The standard InChI is InChI=1S/C21H25ClN2O2/c1-15-7-6-8-17(13-15)14-24(16(2)21(26)23-3)20(25)12-11-18-9-4-5-10-19(18)22/h4-10,13,16H,11-12,14H2,1-3H3,(H,23,26). The predicted molar refractivity (Wildman–Crippen MR) is 105 cm³/mol. The maximum atomic E-state index is 12.9. The minimum atomic E-state index is -0.542. The summed E-state index contributed by atoms with van der Waals surface area (Å²) < 4.78 is 0. The van der Waals surface area contributed by atoms with E-state index in [1.54, 1.807) is 18.9 Å². The van der Waals surface area contributed by atoms with Crippen LogP contribution in [0.3, 0.4) is 0 Å². The van der Waals surface area contributed by atoms with Crippen LogP contribution in [0.2, 0.25) is 5.02 Å². The second kappa shape index (κ2) is 9.39. The Morgan fingerprint density at radius 2 is 1.88 bits per heavy atom. The highest BCUT2D eigenvalue weighted by Gasteiger charge is 2.25. The highest BCUT2D eigenvalue weighted by atomic mass is 35.5. The molecule has 4 nitrogen and oxygen atoms in total. The number of benzene rings is 2. The maximum Gasteiger partial charge on any atom is 0.242 e. The zero-order chi connectivity index (χ0) is 19.1. The van der Waals surface area contributed by atoms with Gasteiger partial charge in [-0.25, -0.2) is 0 Å². The second-order valence-corrected chi connectivity index (χ2v) is 6.80. The molecule has 0 aromatic heterocycles. The fourth-order valence-corrected chi connectivity index (χ4v) is 3.12. The number of nitrogens with zero attached hydrogens (tertiary/aromatic N) is 1. The molecule has 5 heteroatoms. The van der Waals surface area contributed by atoms with Crippen LogP contribution in [0, 0.1) is 6.92 Å².